The molecule has 4 aromatic carbocycles. The van der Waals surface area contributed by atoms with Gasteiger partial charge in [0.2, 0.25) is 0 Å². The van der Waals surface area contributed by atoms with E-state index in [-0.39, 0.29) is 0 Å². The molecule has 0 aliphatic heterocycles. The Morgan fingerprint density at radius 1 is 0.536 bits per heavy atom. The fraction of sp³-hybridized carbons (Fsp3) is 0. The van der Waals surface area contributed by atoms with E-state index in [4.69, 9.17) is 5.73 Å². The molecule has 0 amide bonds. The maximum absolute atomic E-state index is 5.73. The molecule has 1 aromatic heterocycles. The minimum Gasteiger partial charge on any atom is -0.399 e. The van der Waals surface area contributed by atoms with Gasteiger partial charge < -0.3 is 10.3 Å². The highest BCUT2D eigenvalue weighted by Gasteiger charge is 2.10. The van der Waals surface area contributed by atoms with Crippen LogP contribution in [0.5, 0.6) is 0 Å². The van der Waals surface area contributed by atoms with Crippen LogP contribution >= 0.6 is 0 Å². The monoisotopic (exact) mass is 358 g/mol. The zero-order valence-corrected chi connectivity index (χ0v) is 15.3. The van der Waals surface area contributed by atoms with Crippen LogP contribution in [0.3, 0.4) is 0 Å². The first-order valence-corrected chi connectivity index (χ1v) is 9.26. The first-order chi connectivity index (χ1) is 13.8. The number of nitrogens with two attached hydrogens (primary N) is 1. The Kier molecular flexibility index (Phi) is 3.85. The Bertz CT molecular complexity index is 1290. The van der Waals surface area contributed by atoms with Crippen molar-refractivity contribution >= 4 is 27.5 Å². The second-order valence-corrected chi connectivity index (χ2v) is 6.79. The molecule has 0 saturated heterocycles. The largest absolute Gasteiger partial charge is 0.399 e. The lowest BCUT2D eigenvalue weighted by atomic mass is 10.1. The maximum Gasteiger partial charge on any atom is 0.0541 e. The predicted molar refractivity (Wildman–Crippen MR) is 118 cm³/mol. The minimum atomic E-state index is 0.751. The van der Waals surface area contributed by atoms with E-state index >= 15 is 0 Å². The van der Waals surface area contributed by atoms with Crippen LogP contribution < -0.4 is 5.73 Å². The lowest BCUT2D eigenvalue weighted by Crippen LogP contribution is -1.93. The van der Waals surface area contributed by atoms with Gasteiger partial charge in [-0.25, -0.2) is 0 Å². The van der Waals surface area contributed by atoms with E-state index in [0.29, 0.717) is 0 Å². The van der Waals surface area contributed by atoms with Crippen molar-refractivity contribution in [3.05, 3.63) is 108 Å². The molecule has 5 rings (SSSR count). The quantitative estimate of drug-likeness (QED) is 0.299. The number of fused-ring (bicyclic) bond motifs is 3. The number of anilines is 1. The van der Waals surface area contributed by atoms with Gasteiger partial charge >= 0.3 is 0 Å². The molecule has 0 bridgehead atoms. The van der Waals surface area contributed by atoms with E-state index in [1.807, 2.05) is 24.3 Å². The number of hydrogen-bond donors (Lipinski definition) is 1. The molecule has 2 nitrogen and oxygen atoms in total. The lowest BCUT2D eigenvalue weighted by molar-refractivity contribution is 1.18. The van der Waals surface area contributed by atoms with Gasteiger partial charge in [0.25, 0.3) is 0 Å². The van der Waals surface area contributed by atoms with E-state index in [1.54, 1.807) is 0 Å². The zero-order chi connectivity index (χ0) is 18.9. The second kappa shape index (κ2) is 6.64. The van der Waals surface area contributed by atoms with Gasteiger partial charge in [-0.05, 0) is 60.7 Å². The lowest BCUT2D eigenvalue weighted by Gasteiger charge is -2.07. The van der Waals surface area contributed by atoms with Crippen molar-refractivity contribution in [1.29, 1.82) is 0 Å². The highest BCUT2D eigenvalue weighted by molar-refractivity contribution is 6.09. The molecule has 2 heteroatoms. The van der Waals surface area contributed by atoms with Gasteiger partial charge in [-0.15, -0.1) is 0 Å². The van der Waals surface area contributed by atoms with E-state index < -0.39 is 0 Å². The number of aromatic nitrogens is 1. The third kappa shape index (κ3) is 2.80. The van der Waals surface area contributed by atoms with Gasteiger partial charge in [0.05, 0.1) is 11.0 Å². The first-order valence-electron chi connectivity index (χ1n) is 9.26. The molecule has 0 fully saturated rings. The van der Waals surface area contributed by atoms with Gasteiger partial charge in [-0.1, -0.05) is 48.2 Å². The Hall–Kier alpha value is -3.96. The van der Waals surface area contributed by atoms with Crippen molar-refractivity contribution in [1.82, 2.24) is 4.57 Å². The Morgan fingerprint density at radius 2 is 1.00 bits per heavy atom. The molecule has 0 aliphatic rings. The molecule has 2 N–H and O–H groups in total. The average Bonchev–Trinajstić information content (AvgIpc) is 3.08. The van der Waals surface area contributed by atoms with Crippen LogP contribution in [-0.4, -0.2) is 4.57 Å². The molecule has 0 saturated carbocycles. The third-order valence-corrected chi connectivity index (χ3v) is 4.97. The van der Waals surface area contributed by atoms with Crippen molar-refractivity contribution in [2.45, 2.75) is 0 Å². The summed E-state index contributed by atoms with van der Waals surface area (Å²) in [6, 6.07) is 33.1. The summed E-state index contributed by atoms with van der Waals surface area (Å²) in [4.78, 5) is 0. The normalized spacial score (nSPS) is 10.7. The van der Waals surface area contributed by atoms with Crippen molar-refractivity contribution in [2.75, 3.05) is 5.73 Å². The molecule has 5 aromatic rings. The van der Waals surface area contributed by atoms with Crippen molar-refractivity contribution in [2.24, 2.45) is 0 Å². The molecule has 28 heavy (non-hydrogen) atoms. The molecule has 0 aliphatic carbocycles. The van der Waals surface area contributed by atoms with E-state index in [9.17, 15) is 0 Å². The number of nitrogen functional groups attached to an aromatic ring is 1. The standard InChI is InChI=1S/C26H18N2/c27-21-15-11-19(12-16-21)9-10-20-13-17-22(18-14-20)28-25-7-3-1-5-23(25)24-6-2-4-8-26(24)28/h1-8,11-18H,27H2. The van der Waals surface area contributed by atoms with Crippen LogP contribution in [0.1, 0.15) is 11.1 Å². The highest BCUT2D eigenvalue weighted by Crippen LogP contribution is 2.31. The number of benzene rings is 4. The second-order valence-electron chi connectivity index (χ2n) is 6.79. The SMILES string of the molecule is Nc1ccc(C#Cc2ccc(-n3c4ccccc4c4ccccc43)cc2)cc1. The van der Waals surface area contributed by atoms with E-state index in [2.05, 4.69) is 89.2 Å². The zero-order valence-electron chi connectivity index (χ0n) is 15.3. The summed E-state index contributed by atoms with van der Waals surface area (Å²) in [6.45, 7) is 0. The van der Waals surface area contributed by atoms with Gasteiger partial charge in [-0.2, -0.15) is 0 Å². The predicted octanol–water partition coefficient (Wildman–Crippen LogP) is 5.77. The summed E-state index contributed by atoms with van der Waals surface area (Å²) >= 11 is 0. The molecule has 0 atom stereocenters. The first kappa shape index (κ1) is 16.2. The van der Waals surface area contributed by atoms with Crippen molar-refractivity contribution < 1.29 is 0 Å². The van der Waals surface area contributed by atoms with E-state index in [0.717, 1.165) is 22.5 Å². The maximum atomic E-state index is 5.73. The van der Waals surface area contributed by atoms with E-state index in [1.165, 1.54) is 21.8 Å². The van der Waals surface area contributed by atoms with Gasteiger partial charge in [0, 0.05) is 33.3 Å². The summed E-state index contributed by atoms with van der Waals surface area (Å²) in [5.41, 5.74) is 12.0. The minimum absolute atomic E-state index is 0.751. The number of para-hydroxylation sites is 2. The number of nitrogens with zero attached hydrogens (tertiary/aromatic N) is 1. The number of rotatable bonds is 1. The molecule has 132 valence electrons. The van der Waals surface area contributed by atoms with Crippen LogP contribution in [0, 0.1) is 11.8 Å². The molecule has 0 spiro atoms. The summed E-state index contributed by atoms with van der Waals surface area (Å²) in [5, 5.41) is 2.54. The topological polar surface area (TPSA) is 30.9 Å². The van der Waals surface area contributed by atoms with Gasteiger partial charge in [0.15, 0.2) is 0 Å². The Labute approximate surface area is 163 Å². The smallest absolute Gasteiger partial charge is 0.0541 e. The summed E-state index contributed by atoms with van der Waals surface area (Å²) in [7, 11) is 0. The third-order valence-electron chi connectivity index (χ3n) is 4.97. The molecule has 0 radical (unpaired) electrons. The fourth-order valence-corrected chi connectivity index (χ4v) is 3.61. The van der Waals surface area contributed by atoms with Crippen LogP contribution in [0.15, 0.2) is 97.1 Å². The summed E-state index contributed by atoms with van der Waals surface area (Å²) < 4.78 is 2.31. The Balaban J connectivity index is 1.57. The van der Waals surface area contributed by atoms with Gasteiger partial charge in [-0.3, -0.25) is 0 Å². The summed E-state index contributed by atoms with van der Waals surface area (Å²) in [6.07, 6.45) is 0. The summed E-state index contributed by atoms with van der Waals surface area (Å²) in [5.74, 6) is 6.42. The fourth-order valence-electron chi connectivity index (χ4n) is 3.61. The number of hydrogen-bond acceptors (Lipinski definition) is 1. The highest BCUT2D eigenvalue weighted by atomic mass is 15.0. The van der Waals surface area contributed by atoms with Crippen LogP contribution in [-0.2, 0) is 0 Å². The van der Waals surface area contributed by atoms with Crippen molar-refractivity contribution in [3.63, 3.8) is 0 Å². The van der Waals surface area contributed by atoms with Crippen LogP contribution in [0.2, 0.25) is 0 Å². The average molecular weight is 358 g/mol. The molecular formula is C26H18N2. The van der Waals surface area contributed by atoms with Gasteiger partial charge in [0.1, 0.15) is 0 Å². The molecular weight excluding hydrogens is 340 g/mol. The molecule has 0 unspecified atom stereocenters. The van der Waals surface area contributed by atoms with Crippen molar-refractivity contribution in [3.8, 4) is 17.5 Å². The molecule has 1 heterocycles. The Morgan fingerprint density at radius 3 is 1.54 bits per heavy atom. The van der Waals surface area contributed by atoms with Crippen LogP contribution in [0.4, 0.5) is 5.69 Å². The van der Waals surface area contributed by atoms with Crippen LogP contribution in [0.25, 0.3) is 27.5 Å².